The van der Waals surface area contributed by atoms with Gasteiger partial charge in [0, 0.05) is 0 Å². The van der Waals surface area contributed by atoms with Crippen LogP contribution < -0.4 is 0 Å². The summed E-state index contributed by atoms with van der Waals surface area (Å²) < 4.78 is 5.85. The Labute approximate surface area is 208 Å². The lowest BCUT2D eigenvalue weighted by atomic mass is 10.0. The number of ether oxygens (including phenoxy) is 1. The first kappa shape index (κ1) is 30.2. The van der Waals surface area contributed by atoms with Gasteiger partial charge in [0.05, 0.1) is 11.1 Å². The van der Waals surface area contributed by atoms with Crippen LogP contribution in [0.2, 0.25) is 0 Å². The van der Waals surface area contributed by atoms with Crippen molar-refractivity contribution >= 4 is 11.9 Å². The number of carboxylic acid groups (broad SMARTS) is 1. The Morgan fingerprint density at radius 1 is 0.647 bits per heavy atom. The van der Waals surface area contributed by atoms with Gasteiger partial charge in [0.25, 0.3) is 0 Å². The van der Waals surface area contributed by atoms with Crippen LogP contribution >= 0.6 is 0 Å². The second-order valence-corrected chi connectivity index (χ2v) is 9.76. The Bertz CT molecular complexity index is 655. The predicted molar refractivity (Wildman–Crippen MR) is 142 cm³/mol. The minimum atomic E-state index is -1.09. The van der Waals surface area contributed by atoms with E-state index in [0.29, 0.717) is 0 Å². The lowest BCUT2D eigenvalue weighted by molar-refractivity contribution is 0.0244. The monoisotopic (exact) mass is 474 g/mol. The molecule has 1 unspecified atom stereocenters. The zero-order chi connectivity index (χ0) is 24.9. The second-order valence-electron chi connectivity index (χ2n) is 9.76. The molecule has 1 N–H and O–H groups in total. The lowest BCUT2D eigenvalue weighted by Crippen LogP contribution is -2.20. The van der Waals surface area contributed by atoms with E-state index in [-0.39, 0.29) is 17.2 Å². The molecule has 0 fully saturated rings. The van der Waals surface area contributed by atoms with Crippen LogP contribution in [0.25, 0.3) is 0 Å². The highest BCUT2D eigenvalue weighted by atomic mass is 16.5. The minimum absolute atomic E-state index is 0.0149. The highest BCUT2D eigenvalue weighted by Gasteiger charge is 2.20. The highest BCUT2D eigenvalue weighted by Crippen LogP contribution is 2.20. The van der Waals surface area contributed by atoms with Crippen molar-refractivity contribution in [2.24, 2.45) is 0 Å². The molecule has 0 saturated heterocycles. The Kier molecular flexibility index (Phi) is 18.2. The van der Waals surface area contributed by atoms with Crippen molar-refractivity contribution in [1.29, 1.82) is 0 Å². The van der Waals surface area contributed by atoms with Crippen LogP contribution in [0.5, 0.6) is 0 Å². The van der Waals surface area contributed by atoms with Gasteiger partial charge in [0.15, 0.2) is 0 Å². The lowest BCUT2D eigenvalue weighted by Gasteiger charge is -2.19. The van der Waals surface area contributed by atoms with Crippen molar-refractivity contribution < 1.29 is 19.4 Å². The van der Waals surface area contributed by atoms with Crippen molar-refractivity contribution in [3.8, 4) is 0 Å². The fourth-order valence-corrected chi connectivity index (χ4v) is 4.51. The van der Waals surface area contributed by atoms with E-state index < -0.39 is 11.9 Å². The molecule has 194 valence electrons. The van der Waals surface area contributed by atoms with Gasteiger partial charge in [0.1, 0.15) is 6.10 Å². The van der Waals surface area contributed by atoms with Crippen LogP contribution in [0.1, 0.15) is 157 Å². The molecule has 1 aromatic rings. The Hall–Kier alpha value is -1.84. The largest absolute Gasteiger partial charge is 0.478 e. The molecule has 1 atom stereocenters. The first-order chi connectivity index (χ1) is 16.6. The molecule has 0 radical (unpaired) electrons. The molecule has 0 aliphatic heterocycles. The molecular weight excluding hydrogens is 424 g/mol. The quantitative estimate of drug-likeness (QED) is 0.134. The van der Waals surface area contributed by atoms with E-state index >= 15 is 0 Å². The van der Waals surface area contributed by atoms with Gasteiger partial charge in [-0.05, 0) is 37.8 Å². The van der Waals surface area contributed by atoms with Crippen molar-refractivity contribution in [2.75, 3.05) is 0 Å². The van der Waals surface area contributed by atoms with Gasteiger partial charge in [-0.25, -0.2) is 9.59 Å². The molecule has 0 aromatic heterocycles. The second kappa shape index (κ2) is 20.5. The van der Waals surface area contributed by atoms with E-state index in [1.165, 1.54) is 102 Å². The third-order valence-corrected chi connectivity index (χ3v) is 6.66. The summed E-state index contributed by atoms with van der Waals surface area (Å²) in [6, 6.07) is 6.35. The smallest absolute Gasteiger partial charge is 0.339 e. The van der Waals surface area contributed by atoms with Crippen LogP contribution in [0.15, 0.2) is 24.3 Å². The van der Waals surface area contributed by atoms with Crippen LogP contribution in [0, 0.1) is 0 Å². The Morgan fingerprint density at radius 2 is 1.03 bits per heavy atom. The fourth-order valence-electron chi connectivity index (χ4n) is 4.51. The number of hydrogen-bond acceptors (Lipinski definition) is 3. The number of carboxylic acids is 1. The van der Waals surface area contributed by atoms with Gasteiger partial charge in [-0.15, -0.1) is 0 Å². The molecule has 0 amide bonds. The molecule has 4 nitrogen and oxygen atoms in total. The van der Waals surface area contributed by atoms with Crippen LogP contribution in [0.4, 0.5) is 0 Å². The van der Waals surface area contributed by atoms with E-state index in [1.54, 1.807) is 18.2 Å². The Morgan fingerprint density at radius 3 is 1.44 bits per heavy atom. The molecule has 0 saturated carbocycles. The molecule has 1 rings (SSSR count). The first-order valence-electron chi connectivity index (χ1n) is 14.1. The molecule has 0 aliphatic carbocycles. The van der Waals surface area contributed by atoms with E-state index in [0.717, 1.165) is 25.7 Å². The summed E-state index contributed by atoms with van der Waals surface area (Å²) in [4.78, 5) is 24.3. The maximum Gasteiger partial charge on any atom is 0.339 e. The molecule has 0 heterocycles. The number of benzene rings is 1. The summed E-state index contributed by atoms with van der Waals surface area (Å²) >= 11 is 0. The topological polar surface area (TPSA) is 63.6 Å². The zero-order valence-electron chi connectivity index (χ0n) is 22.0. The van der Waals surface area contributed by atoms with Gasteiger partial charge in [-0.1, -0.05) is 122 Å². The van der Waals surface area contributed by atoms with Gasteiger partial charge in [0.2, 0.25) is 0 Å². The molecular formula is C30H50O4. The molecule has 1 aromatic carbocycles. The predicted octanol–water partition coefficient (Wildman–Crippen LogP) is 9.36. The number of rotatable bonds is 22. The average Bonchev–Trinajstić information content (AvgIpc) is 2.84. The third kappa shape index (κ3) is 14.4. The first-order valence-corrected chi connectivity index (χ1v) is 14.1. The normalized spacial score (nSPS) is 11.9. The summed E-state index contributed by atoms with van der Waals surface area (Å²) in [5, 5.41) is 9.41. The van der Waals surface area contributed by atoms with Gasteiger partial charge >= 0.3 is 11.9 Å². The fraction of sp³-hybridized carbons (Fsp3) is 0.733. The van der Waals surface area contributed by atoms with Crippen LogP contribution in [-0.2, 0) is 4.74 Å². The van der Waals surface area contributed by atoms with Crippen molar-refractivity contribution in [3.05, 3.63) is 35.4 Å². The number of aromatic carboxylic acids is 1. The van der Waals surface area contributed by atoms with E-state index in [1.807, 2.05) is 0 Å². The van der Waals surface area contributed by atoms with Crippen LogP contribution in [-0.4, -0.2) is 23.1 Å². The third-order valence-electron chi connectivity index (χ3n) is 6.66. The van der Waals surface area contributed by atoms with Crippen LogP contribution in [0.3, 0.4) is 0 Å². The van der Waals surface area contributed by atoms with E-state index in [9.17, 15) is 14.7 Å². The van der Waals surface area contributed by atoms with Crippen molar-refractivity contribution in [3.63, 3.8) is 0 Å². The number of carbonyl (C=O) groups is 2. The molecule has 4 heteroatoms. The van der Waals surface area contributed by atoms with E-state index in [2.05, 4.69) is 13.8 Å². The summed E-state index contributed by atoms with van der Waals surface area (Å²) in [6.07, 6.45) is 23.1. The molecule has 34 heavy (non-hydrogen) atoms. The van der Waals surface area contributed by atoms with Gasteiger partial charge in [-0.3, -0.25) is 0 Å². The number of hydrogen-bond donors (Lipinski definition) is 1. The van der Waals surface area contributed by atoms with E-state index in [4.69, 9.17) is 4.74 Å². The van der Waals surface area contributed by atoms with Gasteiger partial charge in [-0.2, -0.15) is 0 Å². The zero-order valence-corrected chi connectivity index (χ0v) is 22.0. The van der Waals surface area contributed by atoms with Gasteiger partial charge < -0.3 is 9.84 Å². The number of unbranched alkanes of at least 4 members (excludes halogenated alkanes) is 15. The Balaban J connectivity index is 2.44. The summed E-state index contributed by atoms with van der Waals surface area (Å²) in [5.74, 6) is -1.59. The maximum atomic E-state index is 12.8. The molecule has 0 bridgehead atoms. The SMILES string of the molecule is CCCCCCCCCCCCC(CCCCCCCCC)OC(=O)c1ccccc1C(=O)O. The highest BCUT2D eigenvalue weighted by molar-refractivity contribution is 6.02. The molecule has 0 aliphatic rings. The standard InChI is InChI=1S/C30H50O4/c1-3-5-7-9-11-12-13-15-17-19-23-26(22-18-16-14-10-8-6-4-2)34-30(33)28-25-21-20-24-27(28)29(31)32/h20-21,24-26H,3-19,22-23H2,1-2H3,(H,31,32). The summed E-state index contributed by atoms with van der Waals surface area (Å²) in [6.45, 7) is 4.48. The summed E-state index contributed by atoms with van der Waals surface area (Å²) in [7, 11) is 0. The maximum absolute atomic E-state index is 12.8. The number of carbonyl (C=O) groups excluding carboxylic acids is 1. The van der Waals surface area contributed by atoms with Crippen molar-refractivity contribution in [2.45, 2.75) is 142 Å². The summed E-state index contributed by atoms with van der Waals surface area (Å²) in [5.41, 5.74) is 0.170. The average molecular weight is 475 g/mol. The minimum Gasteiger partial charge on any atom is -0.478 e. The number of esters is 1. The molecule has 0 spiro atoms. The van der Waals surface area contributed by atoms with Crippen molar-refractivity contribution in [1.82, 2.24) is 0 Å².